The van der Waals surface area contributed by atoms with Crippen LogP contribution in [0, 0.1) is 12.8 Å². The highest BCUT2D eigenvalue weighted by atomic mass is 16.5. The standard InChI is InChI=1S/C14H23N3O2/c1-11-4-8-17(9-5-11)7-3-6-15-14(18)13-10-12(2)19-16-13/h10-11H,3-9H2,1-2H3,(H,15,18). The van der Waals surface area contributed by atoms with Crippen LogP contribution in [0.25, 0.3) is 0 Å². The number of likely N-dealkylation sites (tertiary alicyclic amines) is 1. The van der Waals surface area contributed by atoms with Crippen molar-refractivity contribution in [2.45, 2.75) is 33.1 Å². The van der Waals surface area contributed by atoms with Gasteiger partial charge in [0, 0.05) is 12.6 Å². The zero-order valence-corrected chi connectivity index (χ0v) is 11.8. The van der Waals surface area contributed by atoms with Gasteiger partial charge in [-0.25, -0.2) is 0 Å². The van der Waals surface area contributed by atoms with Crippen LogP contribution in [-0.4, -0.2) is 42.1 Å². The molecule has 0 aliphatic carbocycles. The Labute approximate surface area is 114 Å². The molecule has 1 saturated heterocycles. The maximum atomic E-state index is 11.7. The molecule has 1 fully saturated rings. The third kappa shape index (κ3) is 4.35. The van der Waals surface area contributed by atoms with Gasteiger partial charge in [-0.1, -0.05) is 12.1 Å². The molecule has 1 aromatic heterocycles. The summed E-state index contributed by atoms with van der Waals surface area (Å²) in [5.74, 6) is 1.38. The maximum Gasteiger partial charge on any atom is 0.273 e. The van der Waals surface area contributed by atoms with E-state index in [9.17, 15) is 4.79 Å². The predicted octanol–water partition coefficient (Wildman–Crippen LogP) is 1.83. The number of hydrogen-bond donors (Lipinski definition) is 1. The molecule has 2 rings (SSSR count). The first-order valence-electron chi connectivity index (χ1n) is 7.09. The fourth-order valence-corrected chi connectivity index (χ4v) is 2.35. The fourth-order valence-electron chi connectivity index (χ4n) is 2.35. The summed E-state index contributed by atoms with van der Waals surface area (Å²) in [4.78, 5) is 14.2. The zero-order valence-electron chi connectivity index (χ0n) is 11.8. The van der Waals surface area contributed by atoms with Gasteiger partial charge in [0.2, 0.25) is 0 Å². The molecule has 5 heteroatoms. The van der Waals surface area contributed by atoms with E-state index in [0.29, 0.717) is 18.0 Å². The summed E-state index contributed by atoms with van der Waals surface area (Å²) >= 11 is 0. The van der Waals surface area contributed by atoms with Gasteiger partial charge in [-0.15, -0.1) is 0 Å². The van der Waals surface area contributed by atoms with Crippen LogP contribution in [0.5, 0.6) is 0 Å². The second kappa shape index (κ2) is 6.70. The Hall–Kier alpha value is -1.36. The largest absolute Gasteiger partial charge is 0.361 e. The lowest BCUT2D eigenvalue weighted by atomic mass is 9.99. The van der Waals surface area contributed by atoms with Gasteiger partial charge in [0.1, 0.15) is 5.76 Å². The molecule has 19 heavy (non-hydrogen) atoms. The first-order chi connectivity index (χ1) is 9.15. The summed E-state index contributed by atoms with van der Waals surface area (Å²) in [6.07, 6.45) is 3.58. The summed E-state index contributed by atoms with van der Waals surface area (Å²) in [5, 5.41) is 6.57. The molecule has 1 aliphatic rings. The normalized spacial score (nSPS) is 17.6. The van der Waals surface area contributed by atoms with Crippen LogP contribution < -0.4 is 5.32 Å². The molecule has 0 unspecified atom stereocenters. The van der Waals surface area contributed by atoms with Gasteiger partial charge in [-0.05, 0) is 51.7 Å². The van der Waals surface area contributed by atoms with E-state index in [2.05, 4.69) is 22.3 Å². The monoisotopic (exact) mass is 265 g/mol. The van der Waals surface area contributed by atoms with Gasteiger partial charge in [-0.3, -0.25) is 4.79 Å². The summed E-state index contributed by atoms with van der Waals surface area (Å²) in [5.41, 5.74) is 0.365. The molecule has 1 aliphatic heterocycles. The number of hydrogen-bond acceptors (Lipinski definition) is 4. The highest BCUT2D eigenvalue weighted by molar-refractivity contribution is 5.92. The van der Waals surface area contributed by atoms with Crippen LogP contribution in [0.4, 0.5) is 0 Å². The van der Waals surface area contributed by atoms with E-state index in [-0.39, 0.29) is 5.91 Å². The van der Waals surface area contributed by atoms with Crippen LogP contribution in [0.3, 0.4) is 0 Å². The second-order valence-electron chi connectivity index (χ2n) is 5.46. The van der Waals surface area contributed by atoms with Gasteiger partial charge >= 0.3 is 0 Å². The molecule has 0 saturated carbocycles. The SMILES string of the molecule is Cc1cc(C(=O)NCCCN2CCC(C)CC2)no1. The number of aromatic nitrogens is 1. The first-order valence-corrected chi connectivity index (χ1v) is 7.09. The number of nitrogens with one attached hydrogen (secondary N) is 1. The Morgan fingerprint density at radius 3 is 2.89 bits per heavy atom. The van der Waals surface area contributed by atoms with Crippen molar-refractivity contribution in [1.29, 1.82) is 0 Å². The van der Waals surface area contributed by atoms with Crippen molar-refractivity contribution in [2.75, 3.05) is 26.2 Å². The molecule has 1 amide bonds. The highest BCUT2D eigenvalue weighted by Gasteiger charge is 2.15. The minimum absolute atomic E-state index is 0.149. The van der Waals surface area contributed by atoms with Crippen molar-refractivity contribution >= 4 is 5.91 Å². The number of nitrogens with zero attached hydrogens (tertiary/aromatic N) is 2. The maximum absolute atomic E-state index is 11.7. The number of carbonyl (C=O) groups excluding carboxylic acids is 1. The fraction of sp³-hybridized carbons (Fsp3) is 0.714. The highest BCUT2D eigenvalue weighted by Crippen LogP contribution is 2.15. The average molecular weight is 265 g/mol. The first kappa shape index (κ1) is 14.1. The number of piperidine rings is 1. The Morgan fingerprint density at radius 2 is 2.26 bits per heavy atom. The van der Waals surface area contributed by atoms with E-state index < -0.39 is 0 Å². The molecule has 1 aromatic rings. The van der Waals surface area contributed by atoms with Gasteiger partial charge in [0.25, 0.3) is 5.91 Å². The van der Waals surface area contributed by atoms with Crippen molar-refractivity contribution < 1.29 is 9.32 Å². The molecule has 0 radical (unpaired) electrons. The molecular weight excluding hydrogens is 242 g/mol. The van der Waals surface area contributed by atoms with Gasteiger partial charge in [0.15, 0.2) is 5.69 Å². The van der Waals surface area contributed by atoms with E-state index in [1.807, 2.05) is 0 Å². The summed E-state index contributed by atoms with van der Waals surface area (Å²) in [6.45, 7) is 8.23. The summed E-state index contributed by atoms with van der Waals surface area (Å²) in [7, 11) is 0. The van der Waals surface area contributed by atoms with Crippen molar-refractivity contribution in [1.82, 2.24) is 15.4 Å². The van der Waals surface area contributed by atoms with Crippen LogP contribution in [-0.2, 0) is 0 Å². The zero-order chi connectivity index (χ0) is 13.7. The number of aryl methyl sites for hydroxylation is 1. The van der Waals surface area contributed by atoms with Crippen LogP contribution in [0.15, 0.2) is 10.6 Å². The topological polar surface area (TPSA) is 58.4 Å². The molecule has 0 aromatic carbocycles. The Kier molecular flexibility index (Phi) is 4.96. The van der Waals surface area contributed by atoms with E-state index in [1.165, 1.54) is 25.9 Å². The van der Waals surface area contributed by atoms with Crippen LogP contribution in [0.1, 0.15) is 42.4 Å². The quantitative estimate of drug-likeness (QED) is 0.825. The average Bonchev–Trinajstić information content (AvgIpc) is 2.83. The van der Waals surface area contributed by atoms with E-state index in [0.717, 1.165) is 18.9 Å². The summed E-state index contributed by atoms with van der Waals surface area (Å²) in [6, 6.07) is 1.65. The predicted molar refractivity (Wildman–Crippen MR) is 73.0 cm³/mol. The molecular formula is C14H23N3O2. The summed E-state index contributed by atoms with van der Waals surface area (Å²) < 4.78 is 4.88. The smallest absolute Gasteiger partial charge is 0.273 e. The number of amides is 1. The Balaban J connectivity index is 1.60. The molecule has 0 atom stereocenters. The Bertz CT molecular complexity index is 409. The molecule has 106 valence electrons. The third-order valence-corrected chi connectivity index (χ3v) is 3.67. The molecule has 2 heterocycles. The van der Waals surface area contributed by atoms with Gasteiger partial charge < -0.3 is 14.7 Å². The number of carbonyl (C=O) groups is 1. The second-order valence-corrected chi connectivity index (χ2v) is 5.46. The minimum Gasteiger partial charge on any atom is -0.361 e. The molecule has 1 N–H and O–H groups in total. The third-order valence-electron chi connectivity index (χ3n) is 3.67. The van der Waals surface area contributed by atoms with E-state index in [4.69, 9.17) is 4.52 Å². The molecule has 5 nitrogen and oxygen atoms in total. The lowest BCUT2D eigenvalue weighted by Gasteiger charge is -2.30. The van der Waals surface area contributed by atoms with Crippen molar-refractivity contribution in [3.05, 3.63) is 17.5 Å². The van der Waals surface area contributed by atoms with E-state index >= 15 is 0 Å². The molecule has 0 bridgehead atoms. The van der Waals surface area contributed by atoms with Crippen molar-refractivity contribution in [2.24, 2.45) is 5.92 Å². The Morgan fingerprint density at radius 1 is 1.53 bits per heavy atom. The molecule has 0 spiro atoms. The van der Waals surface area contributed by atoms with Crippen LogP contribution >= 0.6 is 0 Å². The lowest BCUT2D eigenvalue weighted by Crippen LogP contribution is -2.35. The van der Waals surface area contributed by atoms with Crippen molar-refractivity contribution in [3.63, 3.8) is 0 Å². The lowest BCUT2D eigenvalue weighted by molar-refractivity contribution is 0.0941. The van der Waals surface area contributed by atoms with E-state index in [1.54, 1.807) is 13.0 Å². The van der Waals surface area contributed by atoms with Gasteiger partial charge in [0.05, 0.1) is 0 Å². The van der Waals surface area contributed by atoms with Gasteiger partial charge in [-0.2, -0.15) is 0 Å². The van der Waals surface area contributed by atoms with Crippen molar-refractivity contribution in [3.8, 4) is 0 Å². The minimum atomic E-state index is -0.149. The van der Waals surface area contributed by atoms with Crippen LogP contribution in [0.2, 0.25) is 0 Å². The number of rotatable bonds is 5.